The van der Waals surface area contributed by atoms with Gasteiger partial charge in [0.1, 0.15) is 11.6 Å². The summed E-state index contributed by atoms with van der Waals surface area (Å²) in [4.78, 5) is 6.83. The molecule has 0 fully saturated rings. The molecule has 1 unspecified atom stereocenters. The zero-order valence-corrected chi connectivity index (χ0v) is 13.6. The molecule has 114 valence electrons. The molecule has 0 radical (unpaired) electrons. The van der Waals surface area contributed by atoms with Crippen LogP contribution >= 0.6 is 0 Å². The van der Waals surface area contributed by atoms with E-state index in [0.29, 0.717) is 17.8 Å². The molecule has 4 heteroatoms. The number of hydrogen-bond donors (Lipinski definition) is 1. The molecule has 4 nitrogen and oxygen atoms in total. The molecule has 0 saturated heterocycles. The first-order chi connectivity index (χ1) is 9.92. The number of rotatable bonds is 5. The van der Waals surface area contributed by atoms with Crippen LogP contribution in [0.4, 0.5) is 5.82 Å². The molecular weight excluding hydrogens is 262 g/mol. The number of methoxy groups -OCH3 is 1. The van der Waals surface area contributed by atoms with Gasteiger partial charge in [0.2, 0.25) is 0 Å². The lowest BCUT2D eigenvalue weighted by Gasteiger charge is -2.28. The fourth-order valence-corrected chi connectivity index (χ4v) is 2.38. The normalized spacial score (nSPS) is 13.1. The van der Waals surface area contributed by atoms with Gasteiger partial charge in [0.15, 0.2) is 0 Å². The summed E-state index contributed by atoms with van der Waals surface area (Å²) in [6, 6.07) is 8.51. The van der Waals surface area contributed by atoms with Gasteiger partial charge < -0.3 is 10.5 Å². The van der Waals surface area contributed by atoms with Crippen LogP contribution in [0.1, 0.15) is 26.3 Å². The van der Waals surface area contributed by atoms with E-state index in [0.717, 1.165) is 28.8 Å². The lowest BCUT2D eigenvalue weighted by Crippen LogP contribution is -2.33. The molecule has 1 atom stereocenters. The van der Waals surface area contributed by atoms with Crippen molar-refractivity contribution in [1.82, 2.24) is 9.88 Å². The molecular formula is C17H25N3O. The Morgan fingerprint density at radius 3 is 2.57 bits per heavy atom. The van der Waals surface area contributed by atoms with Crippen LogP contribution in [0.5, 0.6) is 5.75 Å². The predicted molar refractivity (Wildman–Crippen MR) is 88.5 cm³/mol. The van der Waals surface area contributed by atoms with E-state index < -0.39 is 0 Å². The first-order valence-corrected chi connectivity index (χ1v) is 7.35. The lowest BCUT2D eigenvalue weighted by molar-refractivity contribution is 0.201. The number of nitrogens with zero attached hydrogens (tertiary/aromatic N) is 2. The van der Waals surface area contributed by atoms with Gasteiger partial charge in [0.25, 0.3) is 0 Å². The highest BCUT2D eigenvalue weighted by atomic mass is 16.5. The summed E-state index contributed by atoms with van der Waals surface area (Å²) < 4.78 is 5.23. The second-order valence-corrected chi connectivity index (χ2v) is 5.99. The number of fused-ring (bicyclic) bond motifs is 1. The fraction of sp³-hybridized carbons (Fsp3) is 0.471. The van der Waals surface area contributed by atoms with E-state index >= 15 is 0 Å². The number of nitrogens with two attached hydrogens (primary N) is 1. The van der Waals surface area contributed by atoms with Crippen molar-refractivity contribution in [3.63, 3.8) is 0 Å². The van der Waals surface area contributed by atoms with Crippen molar-refractivity contribution in [2.75, 3.05) is 19.9 Å². The molecule has 0 amide bonds. The highest BCUT2D eigenvalue weighted by Gasteiger charge is 2.15. The van der Waals surface area contributed by atoms with Crippen LogP contribution in [-0.2, 0) is 6.54 Å². The molecule has 21 heavy (non-hydrogen) atoms. The van der Waals surface area contributed by atoms with E-state index in [1.165, 1.54) is 0 Å². The van der Waals surface area contributed by atoms with Crippen LogP contribution in [-0.4, -0.2) is 30.1 Å². The van der Waals surface area contributed by atoms with Crippen LogP contribution in [0.2, 0.25) is 0 Å². The van der Waals surface area contributed by atoms with Crippen molar-refractivity contribution in [1.29, 1.82) is 0 Å². The van der Waals surface area contributed by atoms with Crippen molar-refractivity contribution in [2.45, 2.75) is 33.4 Å². The SMILES string of the molecule is COc1ccc2cc(CN(C)C(C)C(C)C)c(N)nc2c1. The summed E-state index contributed by atoms with van der Waals surface area (Å²) in [5.74, 6) is 2.00. The molecule has 0 spiro atoms. The minimum Gasteiger partial charge on any atom is -0.497 e. The first kappa shape index (κ1) is 15.6. The Labute approximate surface area is 126 Å². The second kappa shape index (κ2) is 6.31. The van der Waals surface area contributed by atoms with Gasteiger partial charge in [0.05, 0.1) is 12.6 Å². The standard InChI is InChI=1S/C17H25N3O/c1-11(2)12(3)20(4)10-14-8-13-6-7-15(21-5)9-16(13)19-17(14)18/h6-9,11-12H,10H2,1-5H3,(H2,18,19). The Kier molecular flexibility index (Phi) is 4.68. The average Bonchev–Trinajstić information content (AvgIpc) is 2.46. The smallest absolute Gasteiger partial charge is 0.128 e. The molecule has 0 bridgehead atoms. The van der Waals surface area contributed by atoms with Crippen LogP contribution in [0.3, 0.4) is 0 Å². The second-order valence-electron chi connectivity index (χ2n) is 5.99. The van der Waals surface area contributed by atoms with Gasteiger partial charge in [0, 0.05) is 29.6 Å². The Bertz CT molecular complexity index is 625. The predicted octanol–water partition coefficient (Wildman–Crippen LogP) is 3.30. The van der Waals surface area contributed by atoms with E-state index in [9.17, 15) is 0 Å². The van der Waals surface area contributed by atoms with Gasteiger partial charge in [-0.3, -0.25) is 4.90 Å². The van der Waals surface area contributed by atoms with E-state index in [-0.39, 0.29) is 0 Å². The topological polar surface area (TPSA) is 51.4 Å². The maximum atomic E-state index is 6.12. The number of hydrogen-bond acceptors (Lipinski definition) is 4. The largest absolute Gasteiger partial charge is 0.497 e. The number of aromatic nitrogens is 1. The zero-order valence-electron chi connectivity index (χ0n) is 13.6. The van der Waals surface area contributed by atoms with Crippen molar-refractivity contribution in [3.8, 4) is 5.75 Å². The molecule has 0 aliphatic heterocycles. The summed E-state index contributed by atoms with van der Waals surface area (Å²) in [6.07, 6.45) is 0. The molecule has 0 aliphatic rings. The molecule has 1 aromatic heterocycles. The van der Waals surface area contributed by atoms with Crippen molar-refractivity contribution in [3.05, 3.63) is 29.8 Å². The van der Waals surface area contributed by atoms with E-state index in [4.69, 9.17) is 10.5 Å². The Balaban J connectivity index is 2.30. The van der Waals surface area contributed by atoms with Gasteiger partial charge in [-0.15, -0.1) is 0 Å². The third-order valence-electron chi connectivity index (χ3n) is 4.22. The van der Waals surface area contributed by atoms with Crippen molar-refractivity contribution < 1.29 is 4.74 Å². The quantitative estimate of drug-likeness (QED) is 0.916. The van der Waals surface area contributed by atoms with E-state index in [1.54, 1.807) is 7.11 Å². The van der Waals surface area contributed by atoms with Crippen LogP contribution < -0.4 is 10.5 Å². The van der Waals surface area contributed by atoms with Crippen molar-refractivity contribution in [2.24, 2.45) is 5.92 Å². The third-order valence-corrected chi connectivity index (χ3v) is 4.22. The van der Waals surface area contributed by atoms with Gasteiger partial charge in [-0.05, 0) is 38.1 Å². The summed E-state index contributed by atoms with van der Waals surface area (Å²) in [5.41, 5.74) is 8.07. The van der Waals surface area contributed by atoms with Crippen LogP contribution in [0.15, 0.2) is 24.3 Å². The highest BCUT2D eigenvalue weighted by Crippen LogP contribution is 2.24. The van der Waals surface area contributed by atoms with Gasteiger partial charge >= 0.3 is 0 Å². The highest BCUT2D eigenvalue weighted by molar-refractivity contribution is 5.82. The molecule has 1 heterocycles. The van der Waals surface area contributed by atoms with Crippen LogP contribution in [0.25, 0.3) is 10.9 Å². The lowest BCUT2D eigenvalue weighted by atomic mass is 10.0. The van der Waals surface area contributed by atoms with Crippen molar-refractivity contribution >= 4 is 16.7 Å². The van der Waals surface area contributed by atoms with Gasteiger partial charge in [-0.25, -0.2) is 4.98 Å². The minimum atomic E-state index is 0.496. The molecule has 0 saturated carbocycles. The minimum absolute atomic E-state index is 0.496. The van der Waals surface area contributed by atoms with E-state index in [1.807, 2.05) is 18.2 Å². The average molecular weight is 287 g/mol. The zero-order chi connectivity index (χ0) is 15.6. The number of anilines is 1. The monoisotopic (exact) mass is 287 g/mol. The van der Waals surface area contributed by atoms with Gasteiger partial charge in [-0.1, -0.05) is 13.8 Å². The third kappa shape index (κ3) is 3.45. The van der Waals surface area contributed by atoms with E-state index in [2.05, 4.69) is 43.8 Å². The maximum Gasteiger partial charge on any atom is 0.128 e. The summed E-state index contributed by atoms with van der Waals surface area (Å²) >= 11 is 0. The Morgan fingerprint density at radius 2 is 1.95 bits per heavy atom. The number of pyridine rings is 1. The number of nitrogen functional groups attached to an aromatic ring is 1. The molecule has 1 aromatic carbocycles. The molecule has 0 aliphatic carbocycles. The Morgan fingerprint density at radius 1 is 1.24 bits per heavy atom. The number of benzene rings is 1. The van der Waals surface area contributed by atoms with Gasteiger partial charge in [-0.2, -0.15) is 0 Å². The summed E-state index contributed by atoms with van der Waals surface area (Å²) in [6.45, 7) is 7.51. The molecule has 2 N–H and O–H groups in total. The fourth-order valence-electron chi connectivity index (χ4n) is 2.38. The summed E-state index contributed by atoms with van der Waals surface area (Å²) in [5, 5.41) is 1.09. The Hall–Kier alpha value is -1.81. The summed E-state index contributed by atoms with van der Waals surface area (Å²) in [7, 11) is 3.78. The number of ether oxygens (including phenoxy) is 1. The molecule has 2 aromatic rings. The molecule has 2 rings (SSSR count). The van der Waals surface area contributed by atoms with Crippen LogP contribution in [0, 0.1) is 5.92 Å². The first-order valence-electron chi connectivity index (χ1n) is 7.35. The maximum absolute atomic E-state index is 6.12.